The predicted octanol–water partition coefficient (Wildman–Crippen LogP) is 3.21. The Labute approximate surface area is 137 Å². The summed E-state index contributed by atoms with van der Waals surface area (Å²) in [5.74, 6) is -0.347. The molecule has 0 N–H and O–H groups in total. The van der Waals surface area contributed by atoms with Gasteiger partial charge in [0.15, 0.2) is 0 Å². The average Bonchev–Trinajstić information content (AvgIpc) is 2.75. The van der Waals surface area contributed by atoms with Crippen molar-refractivity contribution < 1.29 is 17.6 Å². The minimum absolute atomic E-state index is 0.0289. The summed E-state index contributed by atoms with van der Waals surface area (Å²) in [7, 11) is -3.90. The molecule has 0 saturated carbocycles. The number of benzene rings is 2. The summed E-state index contributed by atoms with van der Waals surface area (Å²) < 4.78 is 40.5. The van der Waals surface area contributed by atoms with Crippen LogP contribution in [0, 0.1) is 5.82 Å². The van der Waals surface area contributed by atoms with Gasteiger partial charge < -0.3 is 0 Å². The van der Waals surface area contributed by atoms with E-state index in [1.165, 1.54) is 30.0 Å². The number of amides is 1. The summed E-state index contributed by atoms with van der Waals surface area (Å²) in [5.41, 5.74) is 0.745. The molecule has 0 aliphatic carbocycles. The maximum Gasteiger partial charge on any atom is 0.269 e. The van der Waals surface area contributed by atoms with Crippen molar-refractivity contribution in [2.75, 3.05) is 5.75 Å². The number of sulfonamides is 1. The second-order valence-corrected chi connectivity index (χ2v) is 8.30. The minimum Gasteiger partial charge on any atom is -0.268 e. The molecule has 4 rings (SSSR count). The van der Waals surface area contributed by atoms with Crippen LogP contribution in [0.5, 0.6) is 0 Å². The quantitative estimate of drug-likeness (QED) is 0.793. The number of carbonyl (C=O) groups is 1. The first-order chi connectivity index (χ1) is 11.0. The molecule has 0 saturated heterocycles. The molecule has 7 heteroatoms. The average molecular weight is 349 g/mol. The lowest BCUT2D eigenvalue weighted by molar-refractivity contribution is 0.0827. The molecular formula is C16H12FNO3S2. The summed E-state index contributed by atoms with van der Waals surface area (Å²) in [4.78, 5) is 13.1. The molecular weight excluding hydrogens is 337 g/mol. The summed E-state index contributed by atoms with van der Waals surface area (Å²) in [5, 5.41) is 0. The van der Waals surface area contributed by atoms with Gasteiger partial charge in [-0.05, 0) is 30.2 Å². The molecule has 2 heterocycles. The normalized spacial score (nSPS) is 21.9. The Morgan fingerprint density at radius 3 is 2.70 bits per heavy atom. The van der Waals surface area contributed by atoms with Gasteiger partial charge in [-0.3, -0.25) is 4.79 Å². The Hall–Kier alpha value is -1.86. The standard InChI is InChI=1S/C16H12FNO3S2/c17-12-6-3-5-10-13(8-9-22-15(10)12)18-16(19)11-4-1-2-7-14(11)23(18,20)21/h1-7,13H,8-9H2/t13-/m1/s1. The molecule has 2 aromatic carbocycles. The number of carbonyl (C=O) groups excluding carboxylic acids is 1. The van der Waals surface area contributed by atoms with E-state index in [1.807, 2.05) is 0 Å². The maximum absolute atomic E-state index is 14.0. The predicted molar refractivity (Wildman–Crippen MR) is 84.3 cm³/mol. The minimum atomic E-state index is -3.90. The molecule has 0 unspecified atom stereocenters. The number of nitrogens with zero attached hydrogens (tertiary/aromatic N) is 1. The monoisotopic (exact) mass is 349 g/mol. The third-order valence-electron chi connectivity index (χ3n) is 4.13. The SMILES string of the molecule is O=C1c2ccccc2S(=O)(=O)N1[C@@H]1CCSc2c(F)cccc21. The maximum atomic E-state index is 14.0. The van der Waals surface area contributed by atoms with E-state index in [0.29, 0.717) is 22.6 Å². The second kappa shape index (κ2) is 5.07. The first-order valence-electron chi connectivity index (χ1n) is 7.11. The fourth-order valence-electron chi connectivity index (χ4n) is 3.12. The van der Waals surface area contributed by atoms with Gasteiger partial charge in [0.05, 0.1) is 11.6 Å². The van der Waals surface area contributed by atoms with Crippen molar-refractivity contribution in [2.24, 2.45) is 0 Å². The van der Waals surface area contributed by atoms with Gasteiger partial charge in [-0.15, -0.1) is 11.8 Å². The van der Waals surface area contributed by atoms with Gasteiger partial charge in [-0.25, -0.2) is 17.1 Å². The number of hydrogen-bond acceptors (Lipinski definition) is 4. The fourth-order valence-corrected chi connectivity index (χ4v) is 6.01. The Morgan fingerprint density at radius 2 is 1.91 bits per heavy atom. The zero-order chi connectivity index (χ0) is 16.2. The summed E-state index contributed by atoms with van der Waals surface area (Å²) >= 11 is 1.36. The highest BCUT2D eigenvalue weighted by atomic mass is 32.2. The Bertz CT molecular complexity index is 927. The van der Waals surface area contributed by atoms with E-state index in [1.54, 1.807) is 24.3 Å². The van der Waals surface area contributed by atoms with Gasteiger partial charge in [0, 0.05) is 10.6 Å². The zero-order valence-electron chi connectivity index (χ0n) is 11.9. The van der Waals surface area contributed by atoms with Crippen LogP contribution in [0.1, 0.15) is 28.4 Å². The van der Waals surface area contributed by atoms with Crippen molar-refractivity contribution in [2.45, 2.75) is 22.3 Å². The Morgan fingerprint density at radius 1 is 1.13 bits per heavy atom. The van der Waals surface area contributed by atoms with Crippen molar-refractivity contribution in [1.82, 2.24) is 4.31 Å². The molecule has 2 aromatic rings. The van der Waals surface area contributed by atoms with E-state index in [9.17, 15) is 17.6 Å². The molecule has 1 amide bonds. The van der Waals surface area contributed by atoms with Crippen LogP contribution in [0.4, 0.5) is 4.39 Å². The molecule has 0 fully saturated rings. The third kappa shape index (κ3) is 2.03. The van der Waals surface area contributed by atoms with E-state index in [4.69, 9.17) is 0 Å². The number of fused-ring (bicyclic) bond motifs is 2. The van der Waals surface area contributed by atoms with E-state index in [0.717, 1.165) is 4.31 Å². The van der Waals surface area contributed by atoms with Crippen LogP contribution in [0.3, 0.4) is 0 Å². The highest BCUT2D eigenvalue weighted by Crippen LogP contribution is 2.45. The van der Waals surface area contributed by atoms with Crippen LogP contribution in [0.25, 0.3) is 0 Å². The molecule has 2 aliphatic rings. The molecule has 23 heavy (non-hydrogen) atoms. The van der Waals surface area contributed by atoms with Crippen molar-refractivity contribution in [3.05, 3.63) is 59.4 Å². The third-order valence-corrected chi connectivity index (χ3v) is 7.14. The molecule has 4 nitrogen and oxygen atoms in total. The van der Waals surface area contributed by atoms with Crippen LogP contribution < -0.4 is 0 Å². The molecule has 118 valence electrons. The molecule has 0 aromatic heterocycles. The van der Waals surface area contributed by atoms with Crippen LogP contribution in [-0.4, -0.2) is 24.4 Å². The van der Waals surface area contributed by atoms with Gasteiger partial charge in [0.2, 0.25) is 0 Å². The van der Waals surface area contributed by atoms with Gasteiger partial charge in [0.25, 0.3) is 15.9 Å². The smallest absolute Gasteiger partial charge is 0.268 e. The summed E-state index contributed by atoms with van der Waals surface area (Å²) in [6.45, 7) is 0. The Kier molecular flexibility index (Phi) is 3.24. The van der Waals surface area contributed by atoms with Gasteiger partial charge in [0.1, 0.15) is 10.7 Å². The molecule has 2 aliphatic heterocycles. The molecule has 0 spiro atoms. The topological polar surface area (TPSA) is 54.5 Å². The summed E-state index contributed by atoms with van der Waals surface area (Å²) in [6, 6.07) is 10.1. The highest BCUT2D eigenvalue weighted by Gasteiger charge is 2.46. The van der Waals surface area contributed by atoms with E-state index < -0.39 is 22.0 Å². The number of halogens is 1. The van der Waals surface area contributed by atoms with Gasteiger partial charge in [-0.1, -0.05) is 24.3 Å². The van der Waals surface area contributed by atoms with Crippen molar-refractivity contribution in [1.29, 1.82) is 0 Å². The number of hydrogen-bond donors (Lipinski definition) is 0. The highest BCUT2D eigenvalue weighted by molar-refractivity contribution is 7.99. The van der Waals surface area contributed by atoms with E-state index in [-0.39, 0.29) is 16.3 Å². The lowest BCUT2D eigenvalue weighted by Crippen LogP contribution is -2.36. The van der Waals surface area contributed by atoms with Crippen LogP contribution in [0.15, 0.2) is 52.3 Å². The van der Waals surface area contributed by atoms with Gasteiger partial charge in [-0.2, -0.15) is 0 Å². The molecule has 0 radical (unpaired) electrons. The first-order valence-corrected chi connectivity index (χ1v) is 9.53. The number of rotatable bonds is 1. The van der Waals surface area contributed by atoms with E-state index >= 15 is 0 Å². The van der Waals surface area contributed by atoms with Crippen molar-refractivity contribution >= 4 is 27.7 Å². The zero-order valence-corrected chi connectivity index (χ0v) is 13.5. The molecule has 1 atom stereocenters. The second-order valence-electron chi connectivity index (χ2n) is 5.41. The lowest BCUT2D eigenvalue weighted by atomic mass is 10.0. The Balaban J connectivity index is 1.89. The van der Waals surface area contributed by atoms with Gasteiger partial charge >= 0.3 is 0 Å². The van der Waals surface area contributed by atoms with Crippen LogP contribution in [-0.2, 0) is 10.0 Å². The largest absolute Gasteiger partial charge is 0.269 e. The first kappa shape index (κ1) is 14.7. The molecule has 0 bridgehead atoms. The van der Waals surface area contributed by atoms with E-state index in [2.05, 4.69) is 0 Å². The lowest BCUT2D eigenvalue weighted by Gasteiger charge is -2.31. The van der Waals surface area contributed by atoms with Crippen molar-refractivity contribution in [3.63, 3.8) is 0 Å². The van der Waals surface area contributed by atoms with Crippen LogP contribution >= 0.6 is 11.8 Å². The summed E-state index contributed by atoms with van der Waals surface area (Å²) in [6.07, 6.45) is 0.472. The van der Waals surface area contributed by atoms with Crippen LogP contribution in [0.2, 0.25) is 0 Å². The fraction of sp³-hybridized carbons (Fsp3) is 0.188. The number of thioether (sulfide) groups is 1. The van der Waals surface area contributed by atoms with Crippen molar-refractivity contribution in [3.8, 4) is 0 Å².